The van der Waals surface area contributed by atoms with E-state index >= 15 is 0 Å². The normalized spacial score (nSPS) is 16.8. The molecule has 1 N–H and O–H groups in total. The van der Waals surface area contributed by atoms with Crippen molar-refractivity contribution in [2.45, 2.75) is 38.4 Å². The predicted octanol–water partition coefficient (Wildman–Crippen LogP) is 2.67. The molecule has 0 aliphatic carbocycles. The van der Waals surface area contributed by atoms with E-state index in [1.54, 1.807) is 4.90 Å². The van der Waals surface area contributed by atoms with Crippen LogP contribution in [0.1, 0.15) is 31.7 Å². The third-order valence-corrected chi connectivity index (χ3v) is 4.01. The standard InChI is InChI=1S/C17H23NO5/c1-2-12-23-17(15(19)20)8-10-18(11-9-17)16(21)22-13-14-6-4-3-5-7-14/h3-7H,2,8-13H2,1H3,(H,19,20). The molecule has 1 heterocycles. The summed E-state index contributed by atoms with van der Waals surface area (Å²) in [6, 6.07) is 9.44. The molecule has 1 fully saturated rings. The van der Waals surface area contributed by atoms with Gasteiger partial charge in [-0.3, -0.25) is 0 Å². The van der Waals surface area contributed by atoms with Crippen LogP contribution in [-0.2, 0) is 20.9 Å². The highest BCUT2D eigenvalue weighted by atomic mass is 16.6. The summed E-state index contributed by atoms with van der Waals surface area (Å²) in [7, 11) is 0. The molecule has 126 valence electrons. The number of likely N-dealkylation sites (tertiary alicyclic amines) is 1. The summed E-state index contributed by atoms with van der Waals surface area (Å²) in [6.07, 6.45) is 0.909. The van der Waals surface area contributed by atoms with E-state index in [9.17, 15) is 14.7 Å². The molecular formula is C17H23NO5. The first-order valence-corrected chi connectivity index (χ1v) is 7.90. The van der Waals surface area contributed by atoms with Gasteiger partial charge >= 0.3 is 12.1 Å². The van der Waals surface area contributed by atoms with E-state index in [4.69, 9.17) is 9.47 Å². The molecule has 0 saturated carbocycles. The lowest BCUT2D eigenvalue weighted by atomic mass is 9.91. The quantitative estimate of drug-likeness (QED) is 0.872. The van der Waals surface area contributed by atoms with Crippen LogP contribution in [0.15, 0.2) is 30.3 Å². The van der Waals surface area contributed by atoms with Crippen molar-refractivity contribution < 1.29 is 24.2 Å². The van der Waals surface area contributed by atoms with Crippen LogP contribution < -0.4 is 0 Å². The largest absolute Gasteiger partial charge is 0.479 e. The van der Waals surface area contributed by atoms with Crippen molar-refractivity contribution >= 4 is 12.1 Å². The summed E-state index contributed by atoms with van der Waals surface area (Å²) >= 11 is 0. The molecule has 1 amide bonds. The van der Waals surface area contributed by atoms with E-state index in [-0.39, 0.29) is 19.4 Å². The maximum absolute atomic E-state index is 12.1. The Labute approximate surface area is 136 Å². The van der Waals surface area contributed by atoms with Crippen LogP contribution in [0.25, 0.3) is 0 Å². The number of carbonyl (C=O) groups is 2. The SMILES string of the molecule is CCCOC1(C(=O)O)CCN(C(=O)OCc2ccccc2)CC1. The van der Waals surface area contributed by atoms with Crippen molar-refractivity contribution in [3.8, 4) is 0 Å². The first kappa shape index (κ1) is 17.3. The van der Waals surface area contributed by atoms with Crippen LogP contribution in [-0.4, -0.2) is 47.4 Å². The molecular weight excluding hydrogens is 298 g/mol. The van der Waals surface area contributed by atoms with Gasteiger partial charge in [-0.05, 0) is 12.0 Å². The lowest BCUT2D eigenvalue weighted by Gasteiger charge is -2.38. The van der Waals surface area contributed by atoms with E-state index in [0.29, 0.717) is 19.7 Å². The maximum atomic E-state index is 12.1. The van der Waals surface area contributed by atoms with Gasteiger partial charge in [0.05, 0.1) is 0 Å². The monoisotopic (exact) mass is 321 g/mol. The zero-order valence-electron chi connectivity index (χ0n) is 13.4. The Balaban J connectivity index is 1.85. The number of nitrogens with zero attached hydrogens (tertiary/aromatic N) is 1. The third-order valence-electron chi connectivity index (χ3n) is 4.01. The smallest absolute Gasteiger partial charge is 0.410 e. The first-order valence-electron chi connectivity index (χ1n) is 7.90. The molecule has 0 atom stereocenters. The van der Waals surface area contributed by atoms with Crippen LogP contribution in [0, 0.1) is 0 Å². The molecule has 0 spiro atoms. The zero-order chi connectivity index (χ0) is 16.7. The molecule has 1 aliphatic rings. The van der Waals surface area contributed by atoms with E-state index < -0.39 is 17.7 Å². The maximum Gasteiger partial charge on any atom is 0.410 e. The average Bonchev–Trinajstić information content (AvgIpc) is 2.59. The number of piperidine rings is 1. The molecule has 6 nitrogen and oxygen atoms in total. The minimum atomic E-state index is -1.17. The molecule has 1 aliphatic heterocycles. The van der Waals surface area contributed by atoms with Gasteiger partial charge in [0.15, 0.2) is 5.60 Å². The van der Waals surface area contributed by atoms with Gasteiger partial charge in [0.25, 0.3) is 0 Å². The Morgan fingerprint density at radius 3 is 2.43 bits per heavy atom. The first-order chi connectivity index (χ1) is 11.1. The summed E-state index contributed by atoms with van der Waals surface area (Å²) in [5, 5.41) is 9.43. The lowest BCUT2D eigenvalue weighted by molar-refractivity contribution is -0.172. The van der Waals surface area contributed by atoms with Crippen molar-refractivity contribution in [3.63, 3.8) is 0 Å². The number of benzene rings is 1. The van der Waals surface area contributed by atoms with E-state index in [2.05, 4.69) is 0 Å². The van der Waals surface area contributed by atoms with Crippen LogP contribution in [0.4, 0.5) is 4.79 Å². The van der Waals surface area contributed by atoms with Gasteiger partial charge in [0, 0.05) is 32.5 Å². The van der Waals surface area contributed by atoms with E-state index in [1.807, 2.05) is 37.3 Å². The van der Waals surface area contributed by atoms with Crippen molar-refractivity contribution in [1.82, 2.24) is 4.90 Å². The Morgan fingerprint density at radius 2 is 1.87 bits per heavy atom. The van der Waals surface area contributed by atoms with Crippen LogP contribution in [0.2, 0.25) is 0 Å². The van der Waals surface area contributed by atoms with Gasteiger partial charge in [-0.15, -0.1) is 0 Å². The van der Waals surface area contributed by atoms with Gasteiger partial charge in [0.1, 0.15) is 6.61 Å². The highest BCUT2D eigenvalue weighted by Crippen LogP contribution is 2.27. The van der Waals surface area contributed by atoms with Crippen molar-refractivity contribution in [3.05, 3.63) is 35.9 Å². The van der Waals surface area contributed by atoms with Gasteiger partial charge < -0.3 is 19.5 Å². The predicted molar refractivity (Wildman–Crippen MR) is 84.0 cm³/mol. The van der Waals surface area contributed by atoms with Crippen LogP contribution >= 0.6 is 0 Å². The second-order valence-corrected chi connectivity index (χ2v) is 5.68. The fraction of sp³-hybridized carbons (Fsp3) is 0.529. The highest BCUT2D eigenvalue weighted by molar-refractivity contribution is 5.78. The number of carbonyl (C=O) groups excluding carboxylic acids is 1. The molecule has 0 radical (unpaired) electrons. The van der Waals surface area contributed by atoms with Gasteiger partial charge in [-0.25, -0.2) is 9.59 Å². The Bertz CT molecular complexity index is 523. The molecule has 23 heavy (non-hydrogen) atoms. The van der Waals surface area contributed by atoms with Crippen LogP contribution in [0.5, 0.6) is 0 Å². The summed E-state index contributed by atoms with van der Waals surface area (Å²) in [4.78, 5) is 25.1. The Kier molecular flexibility index (Phi) is 5.98. The Hall–Kier alpha value is -2.08. The van der Waals surface area contributed by atoms with Crippen molar-refractivity contribution in [2.75, 3.05) is 19.7 Å². The molecule has 0 aromatic heterocycles. The van der Waals surface area contributed by atoms with Crippen LogP contribution in [0.3, 0.4) is 0 Å². The molecule has 1 aromatic carbocycles. The summed E-state index contributed by atoms with van der Waals surface area (Å²) in [5.74, 6) is -0.955. The number of amides is 1. The van der Waals surface area contributed by atoms with Crippen molar-refractivity contribution in [1.29, 1.82) is 0 Å². The average molecular weight is 321 g/mol. The molecule has 6 heteroatoms. The second kappa shape index (κ2) is 7.97. The van der Waals surface area contributed by atoms with E-state index in [1.165, 1.54) is 0 Å². The minimum absolute atomic E-state index is 0.215. The molecule has 2 rings (SSSR count). The number of hydrogen-bond acceptors (Lipinski definition) is 4. The van der Waals surface area contributed by atoms with Crippen molar-refractivity contribution in [2.24, 2.45) is 0 Å². The summed E-state index contributed by atoms with van der Waals surface area (Å²) in [6.45, 7) is 3.20. The third kappa shape index (κ3) is 4.45. The van der Waals surface area contributed by atoms with Gasteiger partial charge in [0.2, 0.25) is 0 Å². The second-order valence-electron chi connectivity index (χ2n) is 5.68. The number of ether oxygens (including phenoxy) is 2. The number of aliphatic carboxylic acids is 1. The molecule has 0 bridgehead atoms. The fourth-order valence-corrected chi connectivity index (χ4v) is 2.58. The zero-order valence-corrected chi connectivity index (χ0v) is 13.4. The number of carboxylic acid groups (broad SMARTS) is 1. The fourth-order valence-electron chi connectivity index (χ4n) is 2.58. The molecule has 1 aromatic rings. The molecule has 1 saturated heterocycles. The highest BCUT2D eigenvalue weighted by Gasteiger charge is 2.43. The Morgan fingerprint density at radius 1 is 1.22 bits per heavy atom. The topological polar surface area (TPSA) is 76.1 Å². The van der Waals surface area contributed by atoms with E-state index in [0.717, 1.165) is 12.0 Å². The summed E-state index contributed by atoms with van der Waals surface area (Å²) in [5.41, 5.74) is -0.254. The number of carboxylic acids is 1. The summed E-state index contributed by atoms with van der Waals surface area (Å²) < 4.78 is 10.8. The molecule has 0 unspecified atom stereocenters. The number of hydrogen-bond donors (Lipinski definition) is 1. The van der Waals surface area contributed by atoms with Gasteiger partial charge in [-0.1, -0.05) is 37.3 Å². The number of rotatable bonds is 6. The minimum Gasteiger partial charge on any atom is -0.479 e. The van der Waals surface area contributed by atoms with Gasteiger partial charge in [-0.2, -0.15) is 0 Å². The lowest BCUT2D eigenvalue weighted by Crippen LogP contribution is -2.52.